The molecule has 4 heteroatoms. The molecule has 0 aromatic heterocycles. The first-order valence-electron chi connectivity index (χ1n) is 4.66. The first kappa shape index (κ1) is 12.5. The van der Waals surface area contributed by atoms with Gasteiger partial charge in [-0.2, -0.15) is 0 Å². The standard InChI is InChI=1S/C11H15BrO3/c1-7-5-8(15-2)3-4-9(7)11(14)10(13)6-12/h3-5,10-11,13-14H,6H2,1-2H3. The maximum atomic E-state index is 9.81. The topological polar surface area (TPSA) is 49.7 Å². The minimum absolute atomic E-state index is 0.347. The molecule has 0 aliphatic carbocycles. The average Bonchev–Trinajstić information content (AvgIpc) is 2.26. The molecule has 1 aromatic rings. The summed E-state index contributed by atoms with van der Waals surface area (Å²) in [7, 11) is 1.60. The maximum absolute atomic E-state index is 9.81. The van der Waals surface area contributed by atoms with Crippen molar-refractivity contribution >= 4 is 15.9 Å². The van der Waals surface area contributed by atoms with Crippen LogP contribution in [0.5, 0.6) is 5.75 Å². The Bertz CT molecular complexity index is 328. The molecule has 3 nitrogen and oxygen atoms in total. The monoisotopic (exact) mass is 274 g/mol. The van der Waals surface area contributed by atoms with Gasteiger partial charge in [0.1, 0.15) is 11.9 Å². The van der Waals surface area contributed by atoms with E-state index in [0.29, 0.717) is 5.33 Å². The van der Waals surface area contributed by atoms with Crippen LogP contribution in [0.15, 0.2) is 18.2 Å². The number of halogens is 1. The number of hydrogen-bond donors (Lipinski definition) is 2. The van der Waals surface area contributed by atoms with E-state index in [4.69, 9.17) is 4.74 Å². The van der Waals surface area contributed by atoms with Gasteiger partial charge in [0.05, 0.1) is 13.2 Å². The third kappa shape index (κ3) is 2.93. The second kappa shape index (κ2) is 5.49. The summed E-state index contributed by atoms with van der Waals surface area (Å²) in [6, 6.07) is 5.37. The van der Waals surface area contributed by atoms with E-state index in [2.05, 4.69) is 15.9 Å². The molecular formula is C11H15BrO3. The van der Waals surface area contributed by atoms with Crippen molar-refractivity contribution in [1.82, 2.24) is 0 Å². The Hall–Kier alpha value is -0.580. The first-order chi connectivity index (χ1) is 7.10. The highest BCUT2D eigenvalue weighted by atomic mass is 79.9. The van der Waals surface area contributed by atoms with Crippen molar-refractivity contribution in [2.75, 3.05) is 12.4 Å². The summed E-state index contributed by atoms with van der Waals surface area (Å²) < 4.78 is 5.06. The molecule has 0 amide bonds. The van der Waals surface area contributed by atoms with E-state index in [1.165, 1.54) is 0 Å². The summed E-state index contributed by atoms with van der Waals surface area (Å²) in [5.74, 6) is 0.747. The molecule has 0 heterocycles. The Morgan fingerprint density at radius 3 is 2.53 bits per heavy atom. The number of methoxy groups -OCH3 is 1. The summed E-state index contributed by atoms with van der Waals surface area (Å²) in [6.45, 7) is 1.88. The fourth-order valence-corrected chi connectivity index (χ4v) is 1.75. The highest BCUT2D eigenvalue weighted by molar-refractivity contribution is 9.09. The summed E-state index contributed by atoms with van der Waals surface area (Å²) in [4.78, 5) is 0. The van der Waals surface area contributed by atoms with Gasteiger partial charge < -0.3 is 14.9 Å². The molecule has 2 N–H and O–H groups in total. The second-order valence-corrected chi connectivity index (χ2v) is 4.04. The van der Waals surface area contributed by atoms with Crippen LogP contribution in [0.2, 0.25) is 0 Å². The van der Waals surface area contributed by atoms with Crippen molar-refractivity contribution < 1.29 is 14.9 Å². The van der Waals surface area contributed by atoms with Gasteiger partial charge in [-0.1, -0.05) is 22.0 Å². The third-order valence-electron chi connectivity index (χ3n) is 2.32. The number of ether oxygens (including phenoxy) is 1. The lowest BCUT2D eigenvalue weighted by Gasteiger charge is -2.18. The summed E-state index contributed by atoms with van der Waals surface area (Å²) in [5.41, 5.74) is 1.63. The van der Waals surface area contributed by atoms with Crippen LogP contribution in [-0.4, -0.2) is 28.8 Å². The van der Waals surface area contributed by atoms with Gasteiger partial charge in [-0.05, 0) is 30.2 Å². The summed E-state index contributed by atoms with van der Waals surface area (Å²) in [5, 5.41) is 19.7. The van der Waals surface area contributed by atoms with Gasteiger partial charge in [0, 0.05) is 5.33 Å². The molecular weight excluding hydrogens is 260 g/mol. The van der Waals surface area contributed by atoms with E-state index in [1.54, 1.807) is 19.2 Å². The second-order valence-electron chi connectivity index (χ2n) is 3.39. The molecule has 1 rings (SSSR count). The predicted molar refractivity (Wildman–Crippen MR) is 62.5 cm³/mol. The smallest absolute Gasteiger partial charge is 0.119 e. The molecule has 15 heavy (non-hydrogen) atoms. The SMILES string of the molecule is COc1ccc(C(O)C(O)CBr)c(C)c1. The van der Waals surface area contributed by atoms with Crippen molar-refractivity contribution in [2.45, 2.75) is 19.1 Å². The quantitative estimate of drug-likeness (QED) is 0.824. The van der Waals surface area contributed by atoms with E-state index >= 15 is 0 Å². The van der Waals surface area contributed by atoms with Crippen LogP contribution in [0.25, 0.3) is 0 Å². The summed E-state index contributed by atoms with van der Waals surface area (Å²) in [6.07, 6.45) is -1.66. The number of aliphatic hydroxyl groups excluding tert-OH is 2. The molecule has 0 bridgehead atoms. The van der Waals surface area contributed by atoms with E-state index in [-0.39, 0.29) is 0 Å². The molecule has 0 aliphatic heterocycles. The Balaban J connectivity index is 2.95. The Morgan fingerprint density at radius 2 is 2.07 bits per heavy atom. The van der Waals surface area contributed by atoms with Gasteiger partial charge in [-0.3, -0.25) is 0 Å². The van der Waals surface area contributed by atoms with Crippen molar-refractivity contribution in [3.8, 4) is 5.75 Å². The number of benzene rings is 1. The Labute approximate surface area is 97.8 Å². The van der Waals surface area contributed by atoms with Crippen LogP contribution in [0.1, 0.15) is 17.2 Å². The molecule has 0 spiro atoms. The number of rotatable bonds is 4. The van der Waals surface area contributed by atoms with Crippen molar-refractivity contribution in [3.63, 3.8) is 0 Å². The van der Waals surface area contributed by atoms with Crippen LogP contribution < -0.4 is 4.74 Å². The highest BCUT2D eigenvalue weighted by Gasteiger charge is 2.18. The number of aryl methyl sites for hydroxylation is 1. The normalized spacial score (nSPS) is 14.7. The molecule has 1 aromatic carbocycles. The molecule has 2 unspecified atom stereocenters. The van der Waals surface area contributed by atoms with Crippen LogP contribution >= 0.6 is 15.9 Å². The lowest BCUT2D eigenvalue weighted by Crippen LogP contribution is -2.20. The van der Waals surface area contributed by atoms with Gasteiger partial charge in [0.15, 0.2) is 0 Å². The minimum atomic E-state index is -0.865. The minimum Gasteiger partial charge on any atom is -0.497 e. The third-order valence-corrected chi connectivity index (χ3v) is 2.98. The molecule has 0 radical (unpaired) electrons. The molecule has 0 saturated heterocycles. The zero-order valence-electron chi connectivity index (χ0n) is 8.77. The number of alkyl halides is 1. The molecule has 0 saturated carbocycles. The number of aliphatic hydroxyl groups is 2. The molecule has 0 aliphatic rings. The zero-order chi connectivity index (χ0) is 11.4. The largest absolute Gasteiger partial charge is 0.497 e. The number of hydrogen-bond acceptors (Lipinski definition) is 3. The van der Waals surface area contributed by atoms with E-state index in [9.17, 15) is 10.2 Å². The van der Waals surface area contributed by atoms with E-state index in [0.717, 1.165) is 16.9 Å². The van der Waals surface area contributed by atoms with Crippen molar-refractivity contribution in [3.05, 3.63) is 29.3 Å². The Morgan fingerprint density at radius 1 is 1.40 bits per heavy atom. The fourth-order valence-electron chi connectivity index (χ4n) is 1.40. The van der Waals surface area contributed by atoms with Gasteiger partial charge in [0.25, 0.3) is 0 Å². The van der Waals surface area contributed by atoms with Crippen LogP contribution in [0.4, 0.5) is 0 Å². The van der Waals surface area contributed by atoms with E-state index in [1.807, 2.05) is 13.0 Å². The van der Waals surface area contributed by atoms with Crippen molar-refractivity contribution in [1.29, 1.82) is 0 Å². The van der Waals surface area contributed by atoms with Gasteiger partial charge in [-0.25, -0.2) is 0 Å². The average molecular weight is 275 g/mol. The van der Waals surface area contributed by atoms with Crippen LogP contribution in [0, 0.1) is 6.92 Å². The molecule has 0 fully saturated rings. The highest BCUT2D eigenvalue weighted by Crippen LogP contribution is 2.25. The van der Waals surface area contributed by atoms with Crippen LogP contribution in [0.3, 0.4) is 0 Å². The van der Waals surface area contributed by atoms with Gasteiger partial charge in [-0.15, -0.1) is 0 Å². The lowest BCUT2D eigenvalue weighted by atomic mass is 10.00. The molecule has 84 valence electrons. The zero-order valence-corrected chi connectivity index (χ0v) is 10.4. The summed E-state index contributed by atoms with van der Waals surface area (Å²) >= 11 is 3.13. The first-order valence-corrected chi connectivity index (χ1v) is 5.79. The van der Waals surface area contributed by atoms with Crippen molar-refractivity contribution in [2.24, 2.45) is 0 Å². The van der Waals surface area contributed by atoms with E-state index < -0.39 is 12.2 Å². The molecule has 2 atom stereocenters. The van der Waals surface area contributed by atoms with Gasteiger partial charge >= 0.3 is 0 Å². The predicted octanol–water partition coefficient (Wildman–Crippen LogP) is 1.79. The fraction of sp³-hybridized carbons (Fsp3) is 0.455. The van der Waals surface area contributed by atoms with Crippen LogP contribution in [-0.2, 0) is 0 Å². The maximum Gasteiger partial charge on any atom is 0.119 e. The van der Waals surface area contributed by atoms with Gasteiger partial charge in [0.2, 0.25) is 0 Å². The Kier molecular flexibility index (Phi) is 4.57. The lowest BCUT2D eigenvalue weighted by molar-refractivity contribution is 0.0338.